The van der Waals surface area contributed by atoms with Crippen molar-refractivity contribution in [3.63, 3.8) is 0 Å². The van der Waals surface area contributed by atoms with Gasteiger partial charge < -0.3 is 14.5 Å². The normalized spacial score (nSPS) is 9.79. The molecule has 1 N–H and O–H groups in total. The van der Waals surface area contributed by atoms with Crippen LogP contribution in [0, 0.1) is 0 Å². The molecule has 14 heavy (non-hydrogen) atoms. The van der Waals surface area contributed by atoms with E-state index in [2.05, 4.69) is 5.32 Å². The zero-order valence-corrected chi connectivity index (χ0v) is 8.29. The van der Waals surface area contributed by atoms with Crippen LogP contribution < -0.4 is 5.32 Å². The summed E-state index contributed by atoms with van der Waals surface area (Å²) in [6.45, 7) is 2.89. The predicted molar refractivity (Wildman–Crippen MR) is 51.8 cm³/mol. The van der Waals surface area contributed by atoms with Gasteiger partial charge in [-0.15, -0.1) is 0 Å². The monoisotopic (exact) mass is 197 g/mol. The highest BCUT2D eigenvalue weighted by molar-refractivity contribution is 5.66. The van der Waals surface area contributed by atoms with Gasteiger partial charge >= 0.3 is 6.09 Å². The van der Waals surface area contributed by atoms with Crippen LogP contribution >= 0.6 is 0 Å². The molecule has 0 aliphatic rings. The molecule has 1 aromatic rings. The molecule has 0 unspecified atom stereocenters. The Balaban J connectivity index is 2.09. The molecule has 0 atom stereocenters. The van der Waals surface area contributed by atoms with Gasteiger partial charge in [0.25, 0.3) is 0 Å². The number of amides is 1. The van der Waals surface area contributed by atoms with E-state index >= 15 is 0 Å². The maximum absolute atomic E-state index is 11.0. The molecule has 0 bridgehead atoms. The molecular formula is C10H15NO3. The molecule has 0 aliphatic carbocycles. The smallest absolute Gasteiger partial charge is 0.407 e. The van der Waals surface area contributed by atoms with Crippen molar-refractivity contribution in [1.82, 2.24) is 5.32 Å². The van der Waals surface area contributed by atoms with Crippen LogP contribution in [0.25, 0.3) is 0 Å². The Bertz CT molecular complexity index is 256. The van der Waals surface area contributed by atoms with Crippen molar-refractivity contribution in [2.45, 2.75) is 26.3 Å². The quantitative estimate of drug-likeness (QED) is 0.737. The minimum atomic E-state index is -0.394. The average molecular weight is 197 g/mol. The Morgan fingerprint density at radius 3 is 3.14 bits per heavy atom. The summed E-state index contributed by atoms with van der Waals surface area (Å²) in [5.74, 6) is 0.720. The second kappa shape index (κ2) is 6.07. The summed E-state index contributed by atoms with van der Waals surface area (Å²) in [5.41, 5.74) is 0. The van der Waals surface area contributed by atoms with Gasteiger partial charge in [0.15, 0.2) is 0 Å². The van der Waals surface area contributed by atoms with Crippen molar-refractivity contribution in [3.05, 3.63) is 24.2 Å². The van der Waals surface area contributed by atoms with Crippen molar-refractivity contribution in [2.75, 3.05) is 6.61 Å². The first-order chi connectivity index (χ1) is 6.83. The van der Waals surface area contributed by atoms with Gasteiger partial charge in [-0.3, -0.25) is 0 Å². The molecule has 0 aliphatic heterocycles. The third-order valence-corrected chi connectivity index (χ3v) is 1.72. The van der Waals surface area contributed by atoms with Gasteiger partial charge in [0.05, 0.1) is 19.4 Å². The van der Waals surface area contributed by atoms with E-state index in [1.807, 2.05) is 6.92 Å². The Hall–Kier alpha value is -1.45. The summed E-state index contributed by atoms with van der Waals surface area (Å²) >= 11 is 0. The molecule has 0 radical (unpaired) electrons. The second-order valence-electron chi connectivity index (χ2n) is 2.92. The number of ether oxygens (including phenoxy) is 1. The van der Waals surface area contributed by atoms with Gasteiger partial charge in [-0.1, -0.05) is 13.3 Å². The number of nitrogens with one attached hydrogen (secondary N) is 1. The third-order valence-electron chi connectivity index (χ3n) is 1.72. The highest BCUT2D eigenvalue weighted by Gasteiger charge is 2.01. The highest BCUT2D eigenvalue weighted by atomic mass is 16.5. The Morgan fingerprint density at radius 2 is 2.50 bits per heavy atom. The lowest BCUT2D eigenvalue weighted by atomic mass is 10.4. The van der Waals surface area contributed by atoms with Gasteiger partial charge in [-0.05, 0) is 18.6 Å². The number of alkyl carbamates (subject to hydrolysis) is 1. The molecule has 4 heteroatoms. The fourth-order valence-corrected chi connectivity index (χ4v) is 0.933. The summed E-state index contributed by atoms with van der Waals surface area (Å²) < 4.78 is 9.93. The van der Waals surface area contributed by atoms with Crippen LogP contribution in [0.1, 0.15) is 25.5 Å². The fourth-order valence-electron chi connectivity index (χ4n) is 0.933. The first-order valence-corrected chi connectivity index (χ1v) is 4.76. The number of furan rings is 1. The molecular weight excluding hydrogens is 182 g/mol. The molecule has 0 fully saturated rings. The van der Waals surface area contributed by atoms with Gasteiger partial charge in [-0.2, -0.15) is 0 Å². The SMILES string of the molecule is CCCCOC(=O)NCc1ccco1. The minimum absolute atomic E-state index is 0.373. The Morgan fingerprint density at radius 1 is 1.64 bits per heavy atom. The lowest BCUT2D eigenvalue weighted by molar-refractivity contribution is 0.143. The van der Waals surface area contributed by atoms with E-state index in [9.17, 15) is 4.79 Å². The van der Waals surface area contributed by atoms with Gasteiger partial charge in [0.1, 0.15) is 5.76 Å². The molecule has 0 saturated heterocycles. The van der Waals surface area contributed by atoms with E-state index in [1.165, 1.54) is 0 Å². The topological polar surface area (TPSA) is 51.5 Å². The van der Waals surface area contributed by atoms with Crippen LogP contribution in [0.15, 0.2) is 22.8 Å². The first kappa shape index (κ1) is 10.6. The maximum Gasteiger partial charge on any atom is 0.407 e. The molecule has 78 valence electrons. The number of carbonyl (C=O) groups excluding carboxylic acids is 1. The summed E-state index contributed by atoms with van der Waals surface area (Å²) in [6, 6.07) is 3.58. The largest absolute Gasteiger partial charge is 0.467 e. The molecule has 1 heterocycles. The van der Waals surface area contributed by atoms with Gasteiger partial charge in [0, 0.05) is 0 Å². The number of rotatable bonds is 5. The van der Waals surface area contributed by atoms with Gasteiger partial charge in [0.2, 0.25) is 0 Å². The van der Waals surface area contributed by atoms with E-state index in [4.69, 9.17) is 9.15 Å². The van der Waals surface area contributed by atoms with E-state index in [-0.39, 0.29) is 0 Å². The lowest BCUT2D eigenvalue weighted by Crippen LogP contribution is -2.23. The van der Waals surface area contributed by atoms with Crippen LogP contribution in [0.4, 0.5) is 4.79 Å². The summed E-state index contributed by atoms with van der Waals surface area (Å²) in [6.07, 6.45) is 3.09. The van der Waals surface area contributed by atoms with Crippen molar-refractivity contribution < 1.29 is 13.9 Å². The second-order valence-corrected chi connectivity index (χ2v) is 2.92. The van der Waals surface area contributed by atoms with E-state index in [0.717, 1.165) is 18.6 Å². The van der Waals surface area contributed by atoms with Crippen molar-refractivity contribution in [2.24, 2.45) is 0 Å². The molecule has 0 aromatic carbocycles. The predicted octanol–water partition coefficient (Wildman–Crippen LogP) is 2.31. The number of unbranched alkanes of at least 4 members (excludes halogenated alkanes) is 1. The maximum atomic E-state index is 11.0. The zero-order valence-electron chi connectivity index (χ0n) is 8.29. The average Bonchev–Trinajstić information content (AvgIpc) is 2.68. The van der Waals surface area contributed by atoms with E-state index in [1.54, 1.807) is 18.4 Å². The molecule has 0 saturated carbocycles. The summed E-state index contributed by atoms with van der Waals surface area (Å²) in [5, 5.41) is 2.59. The molecule has 1 amide bonds. The van der Waals surface area contributed by atoms with Crippen LogP contribution in [-0.4, -0.2) is 12.7 Å². The Kier molecular flexibility index (Phi) is 4.61. The lowest BCUT2D eigenvalue weighted by Gasteiger charge is -2.04. The summed E-state index contributed by atoms with van der Waals surface area (Å²) in [4.78, 5) is 11.0. The van der Waals surface area contributed by atoms with Crippen molar-refractivity contribution >= 4 is 6.09 Å². The third kappa shape index (κ3) is 3.98. The van der Waals surface area contributed by atoms with Crippen molar-refractivity contribution in [1.29, 1.82) is 0 Å². The minimum Gasteiger partial charge on any atom is -0.467 e. The highest BCUT2D eigenvalue weighted by Crippen LogP contribution is 1.98. The summed E-state index contributed by atoms with van der Waals surface area (Å²) in [7, 11) is 0. The molecule has 4 nitrogen and oxygen atoms in total. The fraction of sp³-hybridized carbons (Fsp3) is 0.500. The number of hydrogen-bond acceptors (Lipinski definition) is 3. The molecule has 1 aromatic heterocycles. The standard InChI is InChI=1S/C10H15NO3/c1-2-3-6-14-10(12)11-8-9-5-4-7-13-9/h4-5,7H,2-3,6,8H2,1H3,(H,11,12). The van der Waals surface area contributed by atoms with E-state index < -0.39 is 6.09 Å². The first-order valence-electron chi connectivity index (χ1n) is 4.76. The van der Waals surface area contributed by atoms with E-state index in [0.29, 0.717) is 13.2 Å². The molecule has 1 rings (SSSR count). The van der Waals surface area contributed by atoms with Crippen LogP contribution in [-0.2, 0) is 11.3 Å². The van der Waals surface area contributed by atoms with Crippen molar-refractivity contribution in [3.8, 4) is 0 Å². The van der Waals surface area contributed by atoms with Crippen LogP contribution in [0.3, 0.4) is 0 Å². The zero-order chi connectivity index (χ0) is 10.2. The van der Waals surface area contributed by atoms with Crippen LogP contribution in [0.5, 0.6) is 0 Å². The van der Waals surface area contributed by atoms with Crippen LogP contribution in [0.2, 0.25) is 0 Å². The number of carbonyl (C=O) groups is 1. The molecule has 0 spiro atoms. The number of hydrogen-bond donors (Lipinski definition) is 1. The van der Waals surface area contributed by atoms with Gasteiger partial charge in [-0.25, -0.2) is 4.79 Å². The Labute approximate surface area is 83.2 Å².